The molecule has 4 heteroatoms. The van der Waals surface area contributed by atoms with Gasteiger partial charge < -0.3 is 10.2 Å². The van der Waals surface area contributed by atoms with Crippen LogP contribution in [-0.2, 0) is 9.59 Å². The van der Waals surface area contributed by atoms with Crippen molar-refractivity contribution in [1.82, 2.24) is 0 Å². The lowest BCUT2D eigenvalue weighted by molar-refractivity contribution is -0.117. The van der Waals surface area contributed by atoms with Crippen molar-refractivity contribution in [3.05, 3.63) is 59.2 Å². The number of amides is 2. The van der Waals surface area contributed by atoms with E-state index >= 15 is 0 Å². The van der Waals surface area contributed by atoms with Crippen LogP contribution in [0, 0.1) is 13.8 Å². The first-order valence-electron chi connectivity index (χ1n) is 9.03. The summed E-state index contributed by atoms with van der Waals surface area (Å²) in [4.78, 5) is 26.2. The first-order valence-corrected chi connectivity index (χ1v) is 9.03. The molecule has 0 unspecified atom stereocenters. The minimum Gasteiger partial charge on any atom is -0.326 e. The highest BCUT2D eigenvalue weighted by atomic mass is 16.2. The van der Waals surface area contributed by atoms with Crippen LogP contribution in [0.2, 0.25) is 0 Å². The molecule has 0 heterocycles. The van der Waals surface area contributed by atoms with E-state index in [1.165, 1.54) is 6.92 Å². The number of carbonyl (C=O) groups is 2. The van der Waals surface area contributed by atoms with Crippen LogP contribution in [0.25, 0.3) is 0 Å². The Bertz CT molecular complexity index is 796. The van der Waals surface area contributed by atoms with Crippen LogP contribution < -0.4 is 10.2 Å². The number of benzene rings is 2. The zero-order valence-electron chi connectivity index (χ0n) is 16.3. The lowest BCUT2D eigenvalue weighted by atomic mass is 10.0. The van der Waals surface area contributed by atoms with E-state index in [1.54, 1.807) is 4.90 Å². The van der Waals surface area contributed by atoms with Gasteiger partial charge in [-0.05, 0) is 48.6 Å². The Balaban J connectivity index is 2.09. The molecule has 0 radical (unpaired) electrons. The highest BCUT2D eigenvalue weighted by molar-refractivity contribution is 5.95. The van der Waals surface area contributed by atoms with Gasteiger partial charge in [-0.25, -0.2) is 0 Å². The molecule has 1 N–H and O–H groups in total. The topological polar surface area (TPSA) is 49.4 Å². The van der Waals surface area contributed by atoms with Gasteiger partial charge in [0.2, 0.25) is 11.8 Å². The molecule has 0 saturated carbocycles. The Morgan fingerprint density at radius 3 is 2.42 bits per heavy atom. The van der Waals surface area contributed by atoms with Gasteiger partial charge in [0.15, 0.2) is 0 Å². The molecule has 2 aromatic carbocycles. The molecule has 0 aliphatic carbocycles. The van der Waals surface area contributed by atoms with Crippen molar-refractivity contribution in [3.63, 3.8) is 0 Å². The van der Waals surface area contributed by atoms with Gasteiger partial charge in [0.25, 0.3) is 0 Å². The molecule has 0 bridgehead atoms. The van der Waals surface area contributed by atoms with Gasteiger partial charge in [-0.3, -0.25) is 9.59 Å². The Kier molecular flexibility index (Phi) is 6.56. The maximum atomic E-state index is 12.4. The molecule has 0 spiro atoms. The second kappa shape index (κ2) is 8.65. The lowest BCUT2D eigenvalue weighted by Gasteiger charge is -2.23. The zero-order valence-corrected chi connectivity index (χ0v) is 16.3. The van der Waals surface area contributed by atoms with Crippen LogP contribution in [0.5, 0.6) is 0 Å². The first kappa shape index (κ1) is 19.7. The van der Waals surface area contributed by atoms with Crippen LogP contribution in [0.4, 0.5) is 11.4 Å². The van der Waals surface area contributed by atoms with Gasteiger partial charge in [-0.15, -0.1) is 0 Å². The second-order valence-electron chi connectivity index (χ2n) is 7.00. The number of carbonyl (C=O) groups excluding carboxylic acids is 2. The third kappa shape index (κ3) is 4.94. The van der Waals surface area contributed by atoms with Crippen molar-refractivity contribution < 1.29 is 9.59 Å². The Hall–Kier alpha value is -2.62. The number of para-hydroxylation sites is 1. The number of rotatable bonds is 6. The molecular weight excluding hydrogens is 324 g/mol. The summed E-state index contributed by atoms with van der Waals surface area (Å²) in [5.41, 5.74) is 4.93. The predicted molar refractivity (Wildman–Crippen MR) is 108 cm³/mol. The van der Waals surface area contributed by atoms with Gasteiger partial charge in [0.1, 0.15) is 0 Å². The summed E-state index contributed by atoms with van der Waals surface area (Å²) in [6.07, 6.45) is 0.249. The zero-order chi connectivity index (χ0) is 19.3. The van der Waals surface area contributed by atoms with Crippen LogP contribution in [-0.4, -0.2) is 18.4 Å². The summed E-state index contributed by atoms with van der Waals surface area (Å²) in [7, 11) is 0. The number of hydrogen-bond donors (Lipinski definition) is 1. The minimum atomic E-state index is -0.0883. The monoisotopic (exact) mass is 352 g/mol. The maximum absolute atomic E-state index is 12.4. The molecule has 0 atom stereocenters. The molecule has 0 aromatic heterocycles. The molecule has 0 saturated heterocycles. The molecule has 2 rings (SSSR count). The standard InChI is InChI=1S/C22H28N2O2/c1-15(2)19-8-6-7-9-20(19)23-22(26)12-13-24(18(5)25)21-14-16(3)10-11-17(21)4/h6-11,14-15H,12-13H2,1-5H3,(H,23,26). The van der Waals surface area contributed by atoms with Crippen molar-refractivity contribution in [2.24, 2.45) is 0 Å². The Morgan fingerprint density at radius 1 is 1.08 bits per heavy atom. The van der Waals surface area contributed by atoms with Crippen molar-refractivity contribution in [1.29, 1.82) is 0 Å². The van der Waals surface area contributed by atoms with Gasteiger partial charge in [-0.1, -0.05) is 44.2 Å². The van der Waals surface area contributed by atoms with Crippen molar-refractivity contribution in [2.45, 2.75) is 47.0 Å². The number of anilines is 2. The Labute approximate surface area is 156 Å². The first-order chi connectivity index (χ1) is 12.3. The lowest BCUT2D eigenvalue weighted by Crippen LogP contribution is -2.32. The van der Waals surface area contributed by atoms with Crippen molar-refractivity contribution in [3.8, 4) is 0 Å². The molecule has 138 valence electrons. The van der Waals surface area contributed by atoms with E-state index in [0.717, 1.165) is 28.1 Å². The molecule has 0 aliphatic heterocycles. The van der Waals surface area contributed by atoms with E-state index in [9.17, 15) is 9.59 Å². The minimum absolute atomic E-state index is 0.0610. The summed E-state index contributed by atoms with van der Waals surface area (Å²) < 4.78 is 0. The predicted octanol–water partition coefficient (Wildman–Crippen LogP) is 4.81. The van der Waals surface area contributed by atoms with Crippen LogP contribution >= 0.6 is 0 Å². The van der Waals surface area contributed by atoms with E-state index < -0.39 is 0 Å². The average molecular weight is 352 g/mol. The highest BCUT2D eigenvalue weighted by Crippen LogP contribution is 2.24. The molecule has 0 aliphatic rings. The van der Waals surface area contributed by atoms with E-state index in [-0.39, 0.29) is 18.2 Å². The molecule has 2 aromatic rings. The van der Waals surface area contributed by atoms with Crippen LogP contribution in [0.3, 0.4) is 0 Å². The fraction of sp³-hybridized carbons (Fsp3) is 0.364. The number of aryl methyl sites for hydroxylation is 2. The highest BCUT2D eigenvalue weighted by Gasteiger charge is 2.16. The molecule has 2 amide bonds. The quantitative estimate of drug-likeness (QED) is 0.811. The second-order valence-corrected chi connectivity index (χ2v) is 7.00. The summed E-state index contributed by atoms with van der Waals surface area (Å²) >= 11 is 0. The van der Waals surface area contributed by atoms with Gasteiger partial charge in [0.05, 0.1) is 0 Å². The van der Waals surface area contributed by atoms with Gasteiger partial charge in [-0.2, -0.15) is 0 Å². The smallest absolute Gasteiger partial charge is 0.226 e. The molecule has 4 nitrogen and oxygen atoms in total. The van der Waals surface area contributed by atoms with E-state index in [0.29, 0.717) is 12.5 Å². The summed E-state index contributed by atoms with van der Waals surface area (Å²) in [5, 5.41) is 2.99. The van der Waals surface area contributed by atoms with Gasteiger partial charge in [0, 0.05) is 31.3 Å². The molecule has 0 fully saturated rings. The SMILES string of the molecule is CC(=O)N(CCC(=O)Nc1ccccc1C(C)C)c1cc(C)ccc1C. The third-order valence-electron chi connectivity index (χ3n) is 4.45. The number of nitrogens with one attached hydrogen (secondary N) is 1. The fourth-order valence-electron chi connectivity index (χ4n) is 3.00. The van der Waals surface area contributed by atoms with Gasteiger partial charge >= 0.3 is 0 Å². The third-order valence-corrected chi connectivity index (χ3v) is 4.45. The molecular formula is C22H28N2O2. The molecule has 26 heavy (non-hydrogen) atoms. The van der Waals surface area contributed by atoms with E-state index in [1.807, 2.05) is 56.3 Å². The van der Waals surface area contributed by atoms with Crippen molar-refractivity contribution >= 4 is 23.2 Å². The fourth-order valence-corrected chi connectivity index (χ4v) is 3.00. The van der Waals surface area contributed by atoms with E-state index in [2.05, 4.69) is 19.2 Å². The normalized spacial score (nSPS) is 10.7. The summed E-state index contributed by atoms with van der Waals surface area (Å²) in [5.74, 6) is 0.180. The average Bonchev–Trinajstić information content (AvgIpc) is 2.58. The van der Waals surface area contributed by atoms with E-state index in [4.69, 9.17) is 0 Å². The van der Waals surface area contributed by atoms with Crippen LogP contribution in [0.15, 0.2) is 42.5 Å². The largest absolute Gasteiger partial charge is 0.326 e. The summed E-state index contributed by atoms with van der Waals surface area (Å²) in [6.45, 7) is 10.1. The number of nitrogens with zero attached hydrogens (tertiary/aromatic N) is 1. The number of hydrogen-bond acceptors (Lipinski definition) is 2. The maximum Gasteiger partial charge on any atom is 0.226 e. The van der Waals surface area contributed by atoms with Crippen molar-refractivity contribution in [2.75, 3.05) is 16.8 Å². The Morgan fingerprint density at radius 2 is 1.77 bits per heavy atom. The summed E-state index contributed by atoms with van der Waals surface area (Å²) in [6, 6.07) is 13.8. The van der Waals surface area contributed by atoms with Crippen LogP contribution in [0.1, 0.15) is 49.8 Å².